The first kappa shape index (κ1) is 18.9. The molecular formula is C14H22F4O2. The molecule has 0 radical (unpaired) electrons. The molecule has 0 aromatic rings. The molecule has 0 rings (SSSR count). The Bertz CT molecular complexity index is 327. The van der Waals surface area contributed by atoms with Crippen molar-refractivity contribution in [3.63, 3.8) is 0 Å². The Kier molecular flexibility index (Phi) is 7.83. The number of rotatable bonds is 10. The average molecular weight is 298 g/mol. The van der Waals surface area contributed by atoms with Crippen molar-refractivity contribution in [2.24, 2.45) is 0 Å². The third-order valence-corrected chi connectivity index (χ3v) is 2.84. The van der Waals surface area contributed by atoms with Gasteiger partial charge in [0.25, 0.3) is 0 Å². The van der Waals surface area contributed by atoms with Crippen LogP contribution in [0.4, 0.5) is 17.6 Å². The molecule has 0 aliphatic rings. The lowest BCUT2D eigenvalue weighted by Gasteiger charge is -2.25. The van der Waals surface area contributed by atoms with Gasteiger partial charge in [-0.2, -0.15) is 17.6 Å². The summed E-state index contributed by atoms with van der Waals surface area (Å²) in [5.41, 5.74) is -0.347. The van der Waals surface area contributed by atoms with Crippen molar-refractivity contribution in [1.29, 1.82) is 0 Å². The fourth-order valence-corrected chi connectivity index (χ4v) is 1.55. The number of ether oxygens (including phenoxy) is 1. The van der Waals surface area contributed by atoms with Crippen LogP contribution in [0.2, 0.25) is 0 Å². The average Bonchev–Trinajstić information content (AvgIpc) is 2.32. The van der Waals surface area contributed by atoms with E-state index in [2.05, 4.69) is 11.3 Å². The summed E-state index contributed by atoms with van der Waals surface area (Å²) in [6.45, 7) is 6.21. The standard InChI is InChI=1S/C14H22F4O2/c1-4-5-6-7-8-9-10-13(15,16)14(17,18)20-12(19)11(2)3/h2,4-10H2,1,3H3. The Morgan fingerprint density at radius 3 is 2.05 bits per heavy atom. The van der Waals surface area contributed by atoms with Gasteiger partial charge in [0.15, 0.2) is 0 Å². The minimum atomic E-state index is -4.80. The number of unbranched alkanes of at least 4 members (excludes halogenated alkanes) is 5. The Labute approximate surface area is 117 Å². The van der Waals surface area contributed by atoms with E-state index in [0.717, 1.165) is 32.6 Å². The zero-order valence-corrected chi connectivity index (χ0v) is 12.0. The minimum absolute atomic E-state index is 0.0308. The molecule has 0 saturated carbocycles. The minimum Gasteiger partial charge on any atom is -0.393 e. The highest BCUT2D eigenvalue weighted by atomic mass is 19.3. The van der Waals surface area contributed by atoms with Gasteiger partial charge in [-0.1, -0.05) is 45.6 Å². The van der Waals surface area contributed by atoms with E-state index in [4.69, 9.17) is 0 Å². The maximum Gasteiger partial charge on any atom is 0.466 e. The van der Waals surface area contributed by atoms with E-state index in [-0.39, 0.29) is 12.0 Å². The molecule has 20 heavy (non-hydrogen) atoms. The molecule has 0 aliphatic heterocycles. The van der Waals surface area contributed by atoms with Gasteiger partial charge < -0.3 is 4.74 Å². The van der Waals surface area contributed by atoms with Crippen molar-refractivity contribution < 1.29 is 27.1 Å². The predicted molar refractivity (Wildman–Crippen MR) is 68.8 cm³/mol. The van der Waals surface area contributed by atoms with Gasteiger partial charge in [-0.25, -0.2) is 4.79 Å². The molecular weight excluding hydrogens is 276 g/mol. The third-order valence-electron chi connectivity index (χ3n) is 2.84. The molecule has 118 valence electrons. The van der Waals surface area contributed by atoms with Crippen LogP contribution in [-0.2, 0) is 9.53 Å². The number of hydrogen-bond donors (Lipinski definition) is 0. The van der Waals surface area contributed by atoms with Crippen molar-refractivity contribution in [3.05, 3.63) is 12.2 Å². The van der Waals surface area contributed by atoms with Crippen molar-refractivity contribution >= 4 is 5.97 Å². The highest BCUT2D eigenvalue weighted by molar-refractivity contribution is 5.87. The number of esters is 1. The van der Waals surface area contributed by atoms with E-state index in [0.29, 0.717) is 6.42 Å². The van der Waals surface area contributed by atoms with E-state index in [1.807, 2.05) is 6.92 Å². The highest BCUT2D eigenvalue weighted by Crippen LogP contribution is 2.39. The predicted octanol–water partition coefficient (Wildman–Crippen LogP) is 5.08. The summed E-state index contributed by atoms with van der Waals surface area (Å²) in [5.74, 6) is -5.87. The van der Waals surface area contributed by atoms with Crippen LogP contribution in [0.25, 0.3) is 0 Å². The summed E-state index contributed by atoms with van der Waals surface area (Å²) in [6, 6.07) is 0. The maximum absolute atomic E-state index is 13.3. The van der Waals surface area contributed by atoms with Crippen molar-refractivity contribution in [3.8, 4) is 0 Å². The zero-order chi connectivity index (χ0) is 15.8. The van der Waals surface area contributed by atoms with Crippen LogP contribution in [0.1, 0.15) is 58.8 Å². The lowest BCUT2D eigenvalue weighted by Crippen LogP contribution is -2.44. The van der Waals surface area contributed by atoms with Crippen LogP contribution in [0, 0.1) is 0 Å². The quantitative estimate of drug-likeness (QED) is 0.243. The monoisotopic (exact) mass is 298 g/mol. The normalized spacial score (nSPS) is 12.3. The van der Waals surface area contributed by atoms with Crippen molar-refractivity contribution in [2.45, 2.75) is 70.8 Å². The molecule has 0 bridgehead atoms. The molecule has 6 heteroatoms. The van der Waals surface area contributed by atoms with Crippen LogP contribution >= 0.6 is 0 Å². The first-order valence-corrected chi connectivity index (χ1v) is 6.78. The fraction of sp³-hybridized carbons (Fsp3) is 0.786. The molecule has 0 spiro atoms. The van der Waals surface area contributed by atoms with Crippen LogP contribution in [0.15, 0.2) is 12.2 Å². The number of carbonyl (C=O) groups excluding carboxylic acids is 1. The number of carbonyl (C=O) groups is 1. The Morgan fingerprint density at radius 1 is 1.05 bits per heavy atom. The lowest BCUT2D eigenvalue weighted by atomic mass is 10.1. The van der Waals surface area contributed by atoms with Gasteiger partial charge in [-0.05, 0) is 13.3 Å². The molecule has 0 unspecified atom stereocenters. The number of hydrogen-bond acceptors (Lipinski definition) is 2. The Hall–Kier alpha value is -1.07. The summed E-state index contributed by atoms with van der Waals surface area (Å²) < 4.78 is 56.6. The fourth-order valence-electron chi connectivity index (χ4n) is 1.55. The number of alkyl halides is 4. The Balaban J connectivity index is 4.24. The molecule has 0 aromatic carbocycles. The first-order valence-electron chi connectivity index (χ1n) is 6.78. The second-order valence-electron chi connectivity index (χ2n) is 4.91. The van der Waals surface area contributed by atoms with Gasteiger partial charge in [0.2, 0.25) is 0 Å². The van der Waals surface area contributed by atoms with E-state index < -0.39 is 24.4 Å². The molecule has 0 saturated heterocycles. The van der Waals surface area contributed by atoms with Crippen LogP contribution in [0.3, 0.4) is 0 Å². The maximum atomic E-state index is 13.3. The molecule has 0 aromatic heterocycles. The summed E-state index contributed by atoms with van der Waals surface area (Å²) in [4.78, 5) is 10.9. The SMILES string of the molecule is C=C(C)C(=O)OC(F)(F)C(F)(F)CCCCCCCC. The molecule has 0 amide bonds. The van der Waals surface area contributed by atoms with Crippen LogP contribution < -0.4 is 0 Å². The van der Waals surface area contributed by atoms with E-state index >= 15 is 0 Å². The summed E-state index contributed by atoms with van der Waals surface area (Å²) in [7, 11) is 0. The van der Waals surface area contributed by atoms with Gasteiger partial charge in [-0.15, -0.1) is 0 Å². The van der Waals surface area contributed by atoms with Gasteiger partial charge in [-0.3, -0.25) is 0 Å². The lowest BCUT2D eigenvalue weighted by molar-refractivity contribution is -0.331. The van der Waals surface area contributed by atoms with Gasteiger partial charge in [0.05, 0.1) is 0 Å². The summed E-state index contributed by atoms with van der Waals surface area (Å²) >= 11 is 0. The molecule has 0 N–H and O–H groups in total. The third kappa shape index (κ3) is 6.39. The molecule has 0 aliphatic carbocycles. The summed E-state index contributed by atoms with van der Waals surface area (Å²) in [5, 5.41) is 0. The molecule has 0 fully saturated rings. The van der Waals surface area contributed by atoms with Crippen molar-refractivity contribution in [1.82, 2.24) is 0 Å². The van der Waals surface area contributed by atoms with Crippen molar-refractivity contribution in [2.75, 3.05) is 0 Å². The van der Waals surface area contributed by atoms with E-state index in [1.54, 1.807) is 0 Å². The summed E-state index contributed by atoms with van der Waals surface area (Å²) in [6.07, 6.45) is -1.71. The van der Waals surface area contributed by atoms with Crippen LogP contribution in [-0.4, -0.2) is 18.0 Å². The van der Waals surface area contributed by atoms with Gasteiger partial charge in [0.1, 0.15) is 0 Å². The second-order valence-corrected chi connectivity index (χ2v) is 4.91. The molecule has 0 heterocycles. The van der Waals surface area contributed by atoms with E-state index in [9.17, 15) is 22.4 Å². The smallest absolute Gasteiger partial charge is 0.393 e. The molecule has 0 atom stereocenters. The zero-order valence-electron chi connectivity index (χ0n) is 12.0. The van der Waals surface area contributed by atoms with Gasteiger partial charge >= 0.3 is 18.0 Å². The Morgan fingerprint density at radius 2 is 1.55 bits per heavy atom. The van der Waals surface area contributed by atoms with Crippen LogP contribution in [0.5, 0.6) is 0 Å². The largest absolute Gasteiger partial charge is 0.466 e. The number of halogens is 4. The van der Waals surface area contributed by atoms with E-state index in [1.165, 1.54) is 0 Å². The molecule has 2 nitrogen and oxygen atoms in total. The van der Waals surface area contributed by atoms with Gasteiger partial charge in [0, 0.05) is 12.0 Å². The first-order chi connectivity index (χ1) is 9.14. The second kappa shape index (κ2) is 8.27. The topological polar surface area (TPSA) is 26.3 Å². The highest BCUT2D eigenvalue weighted by Gasteiger charge is 2.59.